The van der Waals surface area contributed by atoms with Crippen LogP contribution >= 0.6 is 0 Å². The molecule has 0 saturated heterocycles. The van der Waals surface area contributed by atoms with Crippen molar-refractivity contribution in [2.75, 3.05) is 6.61 Å². The van der Waals surface area contributed by atoms with Crippen LogP contribution < -0.4 is 15.8 Å². The molecule has 1 unspecified atom stereocenters. The molecule has 1 amide bonds. The first-order chi connectivity index (χ1) is 9.08. The minimum atomic E-state index is 0.0271. The van der Waals surface area contributed by atoms with Gasteiger partial charge in [-0.1, -0.05) is 12.1 Å². The first-order valence-electron chi connectivity index (χ1n) is 6.87. The third-order valence-electron chi connectivity index (χ3n) is 3.31. The number of hydrogen-bond donors (Lipinski definition) is 2. The van der Waals surface area contributed by atoms with Gasteiger partial charge in [0.15, 0.2) is 0 Å². The van der Waals surface area contributed by atoms with Crippen LogP contribution in [0.3, 0.4) is 0 Å². The molecule has 19 heavy (non-hydrogen) atoms. The Labute approximate surface area is 114 Å². The van der Waals surface area contributed by atoms with E-state index in [1.165, 1.54) is 11.1 Å². The monoisotopic (exact) mass is 262 g/mol. The van der Waals surface area contributed by atoms with Gasteiger partial charge in [0.05, 0.1) is 13.0 Å². The number of rotatable bonds is 5. The van der Waals surface area contributed by atoms with Gasteiger partial charge in [0.1, 0.15) is 5.75 Å². The van der Waals surface area contributed by atoms with Crippen LogP contribution in [0.1, 0.15) is 43.9 Å². The second-order valence-corrected chi connectivity index (χ2v) is 5.29. The van der Waals surface area contributed by atoms with Gasteiger partial charge < -0.3 is 15.8 Å². The molecule has 104 valence electrons. The molecule has 4 heteroatoms. The summed E-state index contributed by atoms with van der Waals surface area (Å²) in [5.74, 6) is 0.905. The fourth-order valence-corrected chi connectivity index (χ4v) is 2.44. The molecule has 3 N–H and O–H groups in total. The highest BCUT2D eigenvalue weighted by Gasteiger charge is 2.22. The molecule has 0 radical (unpaired) electrons. The SMILES string of the molecule is CC(C)NC(=O)CCOc1cccc2c1CCC2N. The molecule has 1 aliphatic rings. The predicted molar refractivity (Wildman–Crippen MR) is 75.1 cm³/mol. The van der Waals surface area contributed by atoms with Crippen LogP contribution in [-0.4, -0.2) is 18.6 Å². The van der Waals surface area contributed by atoms with Crippen molar-refractivity contribution in [3.63, 3.8) is 0 Å². The average molecular weight is 262 g/mol. The number of nitrogens with one attached hydrogen (secondary N) is 1. The molecular weight excluding hydrogens is 240 g/mol. The molecule has 0 aliphatic heterocycles. The van der Waals surface area contributed by atoms with Gasteiger partial charge in [-0.25, -0.2) is 0 Å². The van der Waals surface area contributed by atoms with E-state index in [-0.39, 0.29) is 18.0 Å². The Bertz CT molecular complexity index is 457. The zero-order valence-corrected chi connectivity index (χ0v) is 11.6. The van der Waals surface area contributed by atoms with E-state index >= 15 is 0 Å². The Morgan fingerprint density at radius 2 is 2.32 bits per heavy atom. The van der Waals surface area contributed by atoms with Crippen LogP contribution in [0.4, 0.5) is 0 Å². The minimum absolute atomic E-state index is 0.0271. The van der Waals surface area contributed by atoms with E-state index < -0.39 is 0 Å². The number of benzene rings is 1. The molecule has 4 nitrogen and oxygen atoms in total. The van der Waals surface area contributed by atoms with Crippen LogP contribution in [-0.2, 0) is 11.2 Å². The highest BCUT2D eigenvalue weighted by Crippen LogP contribution is 2.35. The predicted octanol–water partition coefficient (Wildman–Crippen LogP) is 1.93. The second kappa shape index (κ2) is 6.06. The molecule has 0 saturated carbocycles. The molecular formula is C15H22N2O2. The fourth-order valence-electron chi connectivity index (χ4n) is 2.44. The van der Waals surface area contributed by atoms with Gasteiger partial charge in [0, 0.05) is 12.1 Å². The van der Waals surface area contributed by atoms with Crippen LogP contribution in [0.2, 0.25) is 0 Å². The lowest BCUT2D eigenvalue weighted by Gasteiger charge is -2.12. The minimum Gasteiger partial charge on any atom is -0.493 e. The molecule has 1 atom stereocenters. The summed E-state index contributed by atoms with van der Waals surface area (Å²) < 4.78 is 5.73. The summed E-state index contributed by atoms with van der Waals surface area (Å²) in [6.45, 7) is 4.30. The van der Waals surface area contributed by atoms with Gasteiger partial charge in [-0.05, 0) is 43.9 Å². The van der Waals surface area contributed by atoms with Gasteiger partial charge >= 0.3 is 0 Å². The zero-order chi connectivity index (χ0) is 13.8. The molecule has 1 aliphatic carbocycles. The van der Waals surface area contributed by atoms with Crippen molar-refractivity contribution in [1.82, 2.24) is 5.32 Å². The van der Waals surface area contributed by atoms with Gasteiger partial charge in [-0.15, -0.1) is 0 Å². The maximum atomic E-state index is 11.5. The van der Waals surface area contributed by atoms with Crippen molar-refractivity contribution in [3.8, 4) is 5.75 Å². The van der Waals surface area contributed by atoms with E-state index in [2.05, 4.69) is 11.4 Å². The molecule has 0 heterocycles. The lowest BCUT2D eigenvalue weighted by Crippen LogP contribution is -2.31. The van der Waals surface area contributed by atoms with E-state index in [0.717, 1.165) is 18.6 Å². The molecule has 0 spiro atoms. The Morgan fingerprint density at radius 1 is 1.53 bits per heavy atom. The lowest BCUT2D eigenvalue weighted by molar-refractivity contribution is -0.122. The number of fused-ring (bicyclic) bond motifs is 1. The highest BCUT2D eigenvalue weighted by atomic mass is 16.5. The third-order valence-corrected chi connectivity index (χ3v) is 3.31. The van der Waals surface area contributed by atoms with Gasteiger partial charge in [-0.3, -0.25) is 4.79 Å². The Kier molecular flexibility index (Phi) is 4.43. The number of hydrogen-bond acceptors (Lipinski definition) is 3. The van der Waals surface area contributed by atoms with Gasteiger partial charge in [0.2, 0.25) is 5.91 Å². The summed E-state index contributed by atoms with van der Waals surface area (Å²) in [5.41, 5.74) is 8.42. The van der Waals surface area contributed by atoms with E-state index in [4.69, 9.17) is 10.5 Å². The summed E-state index contributed by atoms with van der Waals surface area (Å²) in [7, 11) is 0. The first-order valence-corrected chi connectivity index (χ1v) is 6.87. The molecule has 1 aromatic rings. The van der Waals surface area contributed by atoms with Crippen LogP contribution in [0.5, 0.6) is 5.75 Å². The highest BCUT2D eigenvalue weighted by molar-refractivity contribution is 5.76. The smallest absolute Gasteiger partial charge is 0.223 e. The third kappa shape index (κ3) is 3.47. The van der Waals surface area contributed by atoms with Crippen molar-refractivity contribution in [2.45, 2.75) is 45.2 Å². The number of carbonyl (C=O) groups excluding carboxylic acids is 1. The molecule has 1 aromatic carbocycles. The summed E-state index contributed by atoms with van der Waals surface area (Å²) in [6.07, 6.45) is 2.32. The van der Waals surface area contributed by atoms with E-state index in [1.807, 2.05) is 26.0 Å². The van der Waals surface area contributed by atoms with E-state index in [0.29, 0.717) is 13.0 Å². The number of nitrogens with two attached hydrogens (primary N) is 1. The average Bonchev–Trinajstić information content (AvgIpc) is 2.71. The molecule has 0 bridgehead atoms. The quantitative estimate of drug-likeness (QED) is 0.852. The molecule has 2 rings (SSSR count). The van der Waals surface area contributed by atoms with Crippen LogP contribution in [0.25, 0.3) is 0 Å². The zero-order valence-electron chi connectivity index (χ0n) is 11.6. The summed E-state index contributed by atoms with van der Waals surface area (Å²) in [6, 6.07) is 6.28. The number of carbonyl (C=O) groups is 1. The van der Waals surface area contributed by atoms with E-state index in [9.17, 15) is 4.79 Å². The number of amides is 1. The first kappa shape index (κ1) is 13.9. The topological polar surface area (TPSA) is 64.3 Å². The summed E-state index contributed by atoms with van der Waals surface area (Å²) in [5, 5.41) is 2.85. The van der Waals surface area contributed by atoms with Gasteiger partial charge in [0.25, 0.3) is 0 Å². The summed E-state index contributed by atoms with van der Waals surface area (Å²) in [4.78, 5) is 11.5. The van der Waals surface area contributed by atoms with Gasteiger partial charge in [-0.2, -0.15) is 0 Å². The van der Waals surface area contributed by atoms with Crippen molar-refractivity contribution in [1.29, 1.82) is 0 Å². The second-order valence-electron chi connectivity index (χ2n) is 5.29. The Morgan fingerprint density at radius 3 is 3.05 bits per heavy atom. The lowest BCUT2D eigenvalue weighted by atomic mass is 10.1. The van der Waals surface area contributed by atoms with Crippen molar-refractivity contribution in [3.05, 3.63) is 29.3 Å². The van der Waals surface area contributed by atoms with Crippen LogP contribution in [0.15, 0.2) is 18.2 Å². The summed E-state index contributed by atoms with van der Waals surface area (Å²) >= 11 is 0. The maximum Gasteiger partial charge on any atom is 0.223 e. The Hall–Kier alpha value is -1.55. The molecule has 0 fully saturated rings. The van der Waals surface area contributed by atoms with Crippen molar-refractivity contribution >= 4 is 5.91 Å². The molecule has 0 aromatic heterocycles. The van der Waals surface area contributed by atoms with E-state index in [1.54, 1.807) is 0 Å². The van der Waals surface area contributed by atoms with Crippen molar-refractivity contribution < 1.29 is 9.53 Å². The largest absolute Gasteiger partial charge is 0.493 e. The fraction of sp³-hybridized carbons (Fsp3) is 0.533. The number of ether oxygens (including phenoxy) is 1. The van der Waals surface area contributed by atoms with Crippen molar-refractivity contribution in [2.24, 2.45) is 5.73 Å². The standard InChI is InChI=1S/C15H22N2O2/c1-10(2)17-15(18)8-9-19-14-5-3-4-11-12(14)6-7-13(11)16/h3-5,10,13H,6-9,16H2,1-2H3,(H,17,18). The Balaban J connectivity index is 1.89. The normalized spacial score (nSPS) is 17.4. The maximum absolute atomic E-state index is 11.5. The van der Waals surface area contributed by atoms with Crippen LogP contribution in [0, 0.1) is 0 Å².